The van der Waals surface area contributed by atoms with Gasteiger partial charge in [0, 0.05) is 28.2 Å². The summed E-state index contributed by atoms with van der Waals surface area (Å²) in [6.07, 6.45) is -1.05. The molecule has 0 bridgehead atoms. The Kier molecular flexibility index (Phi) is 5.74. The van der Waals surface area contributed by atoms with Gasteiger partial charge in [0.25, 0.3) is 0 Å². The van der Waals surface area contributed by atoms with Crippen molar-refractivity contribution >= 4 is 46.8 Å². The molecule has 1 heterocycles. The number of ether oxygens (including phenoxy) is 1. The van der Waals surface area contributed by atoms with Crippen molar-refractivity contribution in [2.75, 3.05) is 19.4 Å². The quantitative estimate of drug-likeness (QED) is 0.594. The molecule has 1 aliphatic heterocycles. The summed E-state index contributed by atoms with van der Waals surface area (Å²) >= 11 is 5.97. The largest absolute Gasteiger partial charge is 0.497 e. The van der Waals surface area contributed by atoms with Crippen molar-refractivity contribution in [1.29, 1.82) is 0 Å². The van der Waals surface area contributed by atoms with Crippen LogP contribution in [0.3, 0.4) is 0 Å². The third kappa shape index (κ3) is 4.09. The summed E-state index contributed by atoms with van der Waals surface area (Å²) in [7, 11) is -1.21. The number of hydrogen-bond acceptors (Lipinski definition) is 4. The van der Waals surface area contributed by atoms with Crippen molar-refractivity contribution in [3.63, 3.8) is 0 Å². The molecule has 1 N–H and O–H groups in total. The molecule has 4 nitrogen and oxygen atoms in total. The van der Waals surface area contributed by atoms with E-state index in [1.54, 1.807) is 7.11 Å². The first kappa shape index (κ1) is 20.1. The second kappa shape index (κ2) is 8.28. The minimum atomic E-state index is -2.85. The Morgan fingerprint density at radius 3 is 2.03 bits per heavy atom. The molecule has 3 aromatic carbocycles. The maximum atomic E-state index is 14.3. The van der Waals surface area contributed by atoms with E-state index in [1.165, 1.54) is 0 Å². The van der Waals surface area contributed by atoms with Gasteiger partial charge in [0.05, 0.1) is 19.0 Å². The Balaban J connectivity index is 1.63. The molecule has 0 amide bonds. The molecular weight excluding hydrogens is 418 g/mol. The Bertz CT molecular complexity index is 1070. The van der Waals surface area contributed by atoms with Gasteiger partial charge < -0.3 is 9.30 Å². The zero-order chi connectivity index (χ0) is 20.3. The van der Waals surface area contributed by atoms with Crippen LogP contribution in [-0.4, -0.2) is 25.1 Å². The minimum absolute atomic E-state index is 0.391. The average Bonchev–Trinajstić information content (AvgIpc) is 3.16. The van der Waals surface area contributed by atoms with Crippen LogP contribution in [0.2, 0.25) is 0 Å². The van der Waals surface area contributed by atoms with Gasteiger partial charge in [0.15, 0.2) is 0 Å². The second-order valence-electron chi connectivity index (χ2n) is 6.94. The maximum absolute atomic E-state index is 14.3. The van der Waals surface area contributed by atoms with Crippen molar-refractivity contribution in [3.05, 3.63) is 84.9 Å². The molecule has 1 aliphatic rings. The molecule has 0 saturated carbocycles. The highest BCUT2D eigenvalue weighted by Gasteiger charge is 2.34. The Hall–Kier alpha value is -2.19. The van der Waals surface area contributed by atoms with E-state index in [0.717, 1.165) is 27.4 Å². The van der Waals surface area contributed by atoms with E-state index in [0.29, 0.717) is 12.3 Å². The average molecular weight is 440 g/mol. The number of nitrogens with zero attached hydrogens (tertiary/aromatic N) is 1. The van der Waals surface area contributed by atoms with Crippen molar-refractivity contribution in [2.24, 2.45) is 5.10 Å². The summed E-state index contributed by atoms with van der Waals surface area (Å²) < 4.78 is 19.5. The molecule has 1 unspecified atom stereocenters. The second-order valence-corrected chi connectivity index (χ2v) is 14.2. The van der Waals surface area contributed by atoms with Crippen molar-refractivity contribution in [2.45, 2.75) is 0 Å². The molecule has 0 radical (unpaired) electrons. The monoisotopic (exact) mass is 440 g/mol. The van der Waals surface area contributed by atoms with Crippen LogP contribution >= 0.6 is 13.3 Å². The number of benzene rings is 3. The normalized spacial score (nSPS) is 18.7. The van der Waals surface area contributed by atoms with Crippen LogP contribution in [0.25, 0.3) is 0 Å². The van der Waals surface area contributed by atoms with E-state index in [1.807, 2.05) is 84.9 Å². The van der Waals surface area contributed by atoms with Gasteiger partial charge in [-0.3, -0.25) is 5.20 Å². The highest BCUT2D eigenvalue weighted by Crippen LogP contribution is 2.49. The van der Waals surface area contributed by atoms with Crippen LogP contribution in [0, 0.1) is 0 Å². The predicted octanol–water partition coefficient (Wildman–Crippen LogP) is 3.69. The first-order valence-corrected chi connectivity index (χ1v) is 14.2. The molecule has 7 heteroatoms. The van der Waals surface area contributed by atoms with E-state index in [4.69, 9.17) is 16.5 Å². The maximum Gasteiger partial charge on any atom is 0.148 e. The molecule has 29 heavy (non-hydrogen) atoms. The summed E-state index contributed by atoms with van der Waals surface area (Å²) in [5.74, 6) is 0.799. The highest BCUT2D eigenvalue weighted by atomic mass is 32.4. The minimum Gasteiger partial charge on any atom is -0.497 e. The SMILES string of the molecule is COc1ccc(P2(=S)CC(CP(=O)(c3ccccc3)c3ccccc3)=NN2)cc1. The van der Waals surface area contributed by atoms with Crippen LogP contribution in [0.15, 0.2) is 90.0 Å². The number of rotatable bonds is 6. The molecule has 0 aromatic heterocycles. The van der Waals surface area contributed by atoms with E-state index in [2.05, 4.69) is 10.3 Å². The molecule has 148 valence electrons. The van der Waals surface area contributed by atoms with Crippen molar-refractivity contribution in [3.8, 4) is 5.75 Å². The summed E-state index contributed by atoms with van der Waals surface area (Å²) in [5.41, 5.74) is 0.875. The van der Waals surface area contributed by atoms with Gasteiger partial charge in [-0.2, -0.15) is 5.10 Å². The van der Waals surface area contributed by atoms with Gasteiger partial charge in [0.2, 0.25) is 0 Å². The van der Waals surface area contributed by atoms with Gasteiger partial charge in [0.1, 0.15) is 12.9 Å². The zero-order valence-corrected chi connectivity index (χ0v) is 18.7. The van der Waals surface area contributed by atoms with Crippen LogP contribution in [0.4, 0.5) is 0 Å². The molecular formula is C22H22N2O2P2S. The Labute approximate surface area is 176 Å². The van der Waals surface area contributed by atoms with Crippen LogP contribution in [0.1, 0.15) is 0 Å². The first-order chi connectivity index (χ1) is 14.0. The lowest BCUT2D eigenvalue weighted by molar-refractivity contribution is 0.415. The lowest BCUT2D eigenvalue weighted by Gasteiger charge is -2.20. The lowest BCUT2D eigenvalue weighted by Crippen LogP contribution is -2.23. The van der Waals surface area contributed by atoms with Crippen LogP contribution < -0.4 is 25.8 Å². The van der Waals surface area contributed by atoms with E-state index in [-0.39, 0.29) is 0 Å². The number of hydrazone groups is 1. The summed E-state index contributed by atoms with van der Waals surface area (Å²) in [5, 5.41) is 10.5. The Morgan fingerprint density at radius 1 is 0.966 bits per heavy atom. The van der Waals surface area contributed by atoms with Gasteiger partial charge in [-0.25, -0.2) is 0 Å². The number of methoxy groups -OCH3 is 1. The molecule has 3 aromatic rings. The topological polar surface area (TPSA) is 50.7 Å². The number of hydrogen-bond donors (Lipinski definition) is 1. The van der Waals surface area contributed by atoms with Crippen molar-refractivity contribution in [1.82, 2.24) is 5.20 Å². The van der Waals surface area contributed by atoms with Crippen LogP contribution in [-0.2, 0) is 16.4 Å². The summed E-state index contributed by atoms with van der Waals surface area (Å²) in [4.78, 5) is 0. The summed E-state index contributed by atoms with van der Waals surface area (Å²) in [6, 6.07) is 27.2. The summed E-state index contributed by atoms with van der Waals surface area (Å²) in [6.45, 7) is 0. The third-order valence-corrected chi connectivity index (χ3v) is 11.7. The zero-order valence-electron chi connectivity index (χ0n) is 16.1. The number of nitrogens with one attached hydrogen (secondary N) is 1. The molecule has 4 rings (SSSR count). The van der Waals surface area contributed by atoms with Gasteiger partial charge >= 0.3 is 0 Å². The van der Waals surface area contributed by atoms with Gasteiger partial charge in [-0.15, -0.1) is 0 Å². The van der Waals surface area contributed by atoms with Gasteiger partial charge in [-0.05, 0) is 24.3 Å². The van der Waals surface area contributed by atoms with E-state index >= 15 is 0 Å². The van der Waals surface area contributed by atoms with Gasteiger partial charge in [-0.1, -0.05) is 72.5 Å². The Morgan fingerprint density at radius 2 is 1.52 bits per heavy atom. The smallest absolute Gasteiger partial charge is 0.148 e. The molecule has 0 aliphatic carbocycles. The highest BCUT2D eigenvalue weighted by molar-refractivity contribution is 8.17. The fraction of sp³-hybridized carbons (Fsp3) is 0.136. The molecule has 0 saturated heterocycles. The molecule has 0 spiro atoms. The van der Waals surface area contributed by atoms with Crippen LogP contribution in [0.5, 0.6) is 5.75 Å². The predicted molar refractivity (Wildman–Crippen MR) is 127 cm³/mol. The van der Waals surface area contributed by atoms with Crippen molar-refractivity contribution < 1.29 is 9.30 Å². The fourth-order valence-electron chi connectivity index (χ4n) is 3.46. The first-order valence-electron chi connectivity index (χ1n) is 9.30. The molecule has 0 fully saturated rings. The molecule has 1 atom stereocenters. The van der Waals surface area contributed by atoms with E-state index < -0.39 is 13.3 Å². The third-order valence-electron chi connectivity index (χ3n) is 5.02. The standard InChI is InChI=1S/C22H22N2O2P2S/c1-26-19-12-14-22(15-13-19)28(29)17-18(23-24-28)16-27(25,20-8-4-2-5-9-20)21-10-6-3-7-11-21/h2-15H,16-17H2,1H3,(H,24,29). The lowest BCUT2D eigenvalue weighted by atomic mass is 10.3. The van der Waals surface area contributed by atoms with E-state index in [9.17, 15) is 4.57 Å². The fourth-order valence-corrected chi connectivity index (χ4v) is 9.24.